The molecular formula is C19H19Cl2N3O3. The molecule has 0 atom stereocenters. The SMILES string of the molecule is CC.CCOC(=O)c1cnn(-c2ccc(-n3ccc(Cl)cc3=O)cc2)c1Cl. The molecule has 0 aliphatic rings. The number of carbonyl (C=O) groups excluding carboxylic acids is 1. The Hall–Kier alpha value is -2.57. The number of aromatic nitrogens is 3. The summed E-state index contributed by atoms with van der Waals surface area (Å²) in [6, 6.07) is 9.94. The van der Waals surface area contributed by atoms with Crippen LogP contribution < -0.4 is 5.56 Å². The van der Waals surface area contributed by atoms with E-state index in [1.165, 1.54) is 21.5 Å². The lowest BCUT2D eigenvalue weighted by molar-refractivity contribution is 0.0526. The first-order valence-electron chi connectivity index (χ1n) is 8.41. The summed E-state index contributed by atoms with van der Waals surface area (Å²) in [6.45, 7) is 5.97. The monoisotopic (exact) mass is 407 g/mol. The average molecular weight is 408 g/mol. The number of rotatable bonds is 4. The van der Waals surface area contributed by atoms with Gasteiger partial charge in [-0.2, -0.15) is 5.10 Å². The number of benzene rings is 1. The largest absolute Gasteiger partial charge is 0.462 e. The van der Waals surface area contributed by atoms with Crippen molar-refractivity contribution in [2.24, 2.45) is 0 Å². The van der Waals surface area contributed by atoms with Gasteiger partial charge in [0.1, 0.15) is 10.7 Å². The molecule has 1 aromatic carbocycles. The van der Waals surface area contributed by atoms with Crippen molar-refractivity contribution in [1.82, 2.24) is 14.3 Å². The second-order valence-electron chi connectivity index (χ2n) is 5.05. The molecule has 0 radical (unpaired) electrons. The lowest BCUT2D eigenvalue weighted by Crippen LogP contribution is -2.16. The Kier molecular flexibility index (Phi) is 7.21. The number of halogens is 2. The quantitative estimate of drug-likeness (QED) is 0.595. The van der Waals surface area contributed by atoms with Gasteiger partial charge >= 0.3 is 5.97 Å². The summed E-state index contributed by atoms with van der Waals surface area (Å²) in [7, 11) is 0. The van der Waals surface area contributed by atoms with Crippen LogP contribution >= 0.6 is 23.2 Å². The number of hydrogen-bond acceptors (Lipinski definition) is 4. The van der Waals surface area contributed by atoms with Gasteiger partial charge in [-0.25, -0.2) is 9.48 Å². The molecule has 0 bridgehead atoms. The fourth-order valence-electron chi connectivity index (χ4n) is 2.28. The second-order valence-corrected chi connectivity index (χ2v) is 5.85. The highest BCUT2D eigenvalue weighted by atomic mass is 35.5. The maximum Gasteiger partial charge on any atom is 0.342 e. The first-order valence-corrected chi connectivity index (χ1v) is 9.16. The molecule has 0 N–H and O–H groups in total. The topological polar surface area (TPSA) is 66.1 Å². The second kappa shape index (κ2) is 9.39. The lowest BCUT2D eigenvalue weighted by Gasteiger charge is -2.08. The van der Waals surface area contributed by atoms with Crippen LogP contribution in [0.15, 0.2) is 53.6 Å². The first kappa shape index (κ1) is 20.7. The van der Waals surface area contributed by atoms with Crippen LogP contribution in [0.1, 0.15) is 31.1 Å². The predicted molar refractivity (Wildman–Crippen MR) is 106 cm³/mol. The Bertz CT molecular complexity index is 979. The summed E-state index contributed by atoms with van der Waals surface area (Å²) in [5.74, 6) is -0.525. The van der Waals surface area contributed by atoms with Crippen LogP contribution in [0.3, 0.4) is 0 Å². The molecule has 2 aromatic heterocycles. The van der Waals surface area contributed by atoms with E-state index in [-0.39, 0.29) is 22.9 Å². The number of pyridine rings is 1. The van der Waals surface area contributed by atoms with Crippen LogP contribution in [-0.2, 0) is 4.74 Å². The van der Waals surface area contributed by atoms with Gasteiger partial charge in [0.25, 0.3) is 5.56 Å². The molecule has 6 nitrogen and oxygen atoms in total. The van der Waals surface area contributed by atoms with E-state index in [1.54, 1.807) is 43.5 Å². The predicted octanol–water partition coefficient (Wildman–Crippen LogP) is 4.53. The van der Waals surface area contributed by atoms with Gasteiger partial charge in [0.05, 0.1) is 18.5 Å². The van der Waals surface area contributed by atoms with Crippen LogP contribution in [0.2, 0.25) is 10.2 Å². The van der Waals surface area contributed by atoms with E-state index in [0.29, 0.717) is 16.4 Å². The van der Waals surface area contributed by atoms with Crippen LogP contribution in [-0.4, -0.2) is 26.9 Å². The molecule has 2 heterocycles. The molecule has 0 amide bonds. The Morgan fingerprint density at radius 3 is 2.33 bits per heavy atom. The molecule has 0 saturated heterocycles. The Labute approximate surface area is 166 Å². The van der Waals surface area contributed by atoms with Crippen LogP contribution in [0, 0.1) is 0 Å². The maximum atomic E-state index is 12.0. The summed E-state index contributed by atoms with van der Waals surface area (Å²) in [6.07, 6.45) is 2.96. The fourth-order valence-corrected chi connectivity index (χ4v) is 2.70. The van der Waals surface area contributed by atoms with Crippen molar-refractivity contribution in [3.8, 4) is 11.4 Å². The van der Waals surface area contributed by atoms with Gasteiger partial charge in [0.15, 0.2) is 0 Å². The third-order valence-corrected chi connectivity index (χ3v) is 4.06. The number of esters is 1. The summed E-state index contributed by atoms with van der Waals surface area (Å²) in [4.78, 5) is 23.8. The smallest absolute Gasteiger partial charge is 0.342 e. The van der Waals surface area contributed by atoms with Crippen molar-refractivity contribution < 1.29 is 9.53 Å². The minimum absolute atomic E-state index is 0.162. The number of ether oxygens (including phenoxy) is 1. The van der Waals surface area contributed by atoms with Crippen molar-refractivity contribution >= 4 is 29.2 Å². The highest BCUT2D eigenvalue weighted by Gasteiger charge is 2.17. The van der Waals surface area contributed by atoms with Gasteiger partial charge in [-0.3, -0.25) is 9.36 Å². The van der Waals surface area contributed by atoms with Crippen molar-refractivity contribution in [3.05, 3.63) is 74.9 Å². The number of hydrogen-bond donors (Lipinski definition) is 0. The summed E-state index contributed by atoms with van der Waals surface area (Å²) >= 11 is 12.0. The van der Waals surface area contributed by atoms with E-state index in [2.05, 4.69) is 5.10 Å². The Morgan fingerprint density at radius 2 is 1.74 bits per heavy atom. The van der Waals surface area contributed by atoms with Gasteiger partial charge in [-0.1, -0.05) is 37.0 Å². The van der Waals surface area contributed by atoms with Crippen molar-refractivity contribution in [2.45, 2.75) is 20.8 Å². The van der Waals surface area contributed by atoms with Gasteiger partial charge in [-0.15, -0.1) is 0 Å². The zero-order valence-electron chi connectivity index (χ0n) is 15.1. The van der Waals surface area contributed by atoms with Crippen molar-refractivity contribution in [1.29, 1.82) is 0 Å². The van der Waals surface area contributed by atoms with Gasteiger partial charge in [-0.05, 0) is 37.3 Å². The minimum atomic E-state index is -0.525. The van der Waals surface area contributed by atoms with E-state index >= 15 is 0 Å². The number of nitrogens with zero attached hydrogens (tertiary/aromatic N) is 3. The Morgan fingerprint density at radius 1 is 1.11 bits per heavy atom. The average Bonchev–Trinajstić information content (AvgIpc) is 3.05. The molecule has 0 aliphatic carbocycles. The Balaban J connectivity index is 0.00000126. The zero-order valence-corrected chi connectivity index (χ0v) is 16.7. The van der Waals surface area contributed by atoms with E-state index in [1.807, 2.05) is 13.8 Å². The molecule has 8 heteroatoms. The van der Waals surface area contributed by atoms with E-state index < -0.39 is 5.97 Å². The number of carbonyl (C=O) groups is 1. The van der Waals surface area contributed by atoms with Gasteiger partial charge < -0.3 is 4.74 Å². The van der Waals surface area contributed by atoms with E-state index in [4.69, 9.17) is 27.9 Å². The summed E-state index contributed by atoms with van der Waals surface area (Å²) in [5.41, 5.74) is 1.27. The van der Waals surface area contributed by atoms with Crippen molar-refractivity contribution in [2.75, 3.05) is 6.61 Å². The molecule has 0 aliphatic heterocycles. The van der Waals surface area contributed by atoms with E-state index in [9.17, 15) is 9.59 Å². The maximum absolute atomic E-state index is 12.0. The lowest BCUT2D eigenvalue weighted by atomic mass is 10.2. The van der Waals surface area contributed by atoms with Crippen LogP contribution in [0.25, 0.3) is 11.4 Å². The molecular weight excluding hydrogens is 389 g/mol. The first-order chi connectivity index (χ1) is 13.0. The van der Waals surface area contributed by atoms with Gasteiger partial charge in [0, 0.05) is 23.0 Å². The summed E-state index contributed by atoms with van der Waals surface area (Å²) in [5, 5.41) is 4.66. The molecule has 0 spiro atoms. The van der Waals surface area contributed by atoms with E-state index in [0.717, 1.165) is 0 Å². The molecule has 27 heavy (non-hydrogen) atoms. The molecule has 3 rings (SSSR count). The van der Waals surface area contributed by atoms with Crippen LogP contribution in [0.5, 0.6) is 0 Å². The standard InChI is InChI=1S/C17H13Cl2N3O3.C2H6/c1-2-25-17(24)14-10-20-22(16(14)19)13-5-3-12(4-6-13)21-8-7-11(18)9-15(21)23;1-2/h3-10H,2H2,1H3;1-2H3. The van der Waals surface area contributed by atoms with Crippen LogP contribution in [0.4, 0.5) is 0 Å². The molecule has 142 valence electrons. The normalized spacial score (nSPS) is 10.1. The van der Waals surface area contributed by atoms with Gasteiger partial charge in [0.2, 0.25) is 0 Å². The third-order valence-electron chi connectivity index (χ3n) is 3.46. The minimum Gasteiger partial charge on any atom is -0.462 e. The molecule has 3 aromatic rings. The molecule has 0 fully saturated rings. The highest BCUT2D eigenvalue weighted by Crippen LogP contribution is 2.22. The van der Waals surface area contributed by atoms with Crippen molar-refractivity contribution in [3.63, 3.8) is 0 Å². The highest BCUT2D eigenvalue weighted by molar-refractivity contribution is 6.32. The molecule has 0 saturated carbocycles. The third kappa shape index (κ3) is 4.59. The molecule has 0 unspecified atom stereocenters. The zero-order chi connectivity index (χ0) is 20.0. The fraction of sp³-hybridized carbons (Fsp3) is 0.211. The summed E-state index contributed by atoms with van der Waals surface area (Å²) < 4.78 is 7.81.